The van der Waals surface area contributed by atoms with E-state index < -0.39 is 0 Å². The number of aromatic nitrogens is 3. The molecule has 0 bridgehead atoms. The first-order valence-electron chi connectivity index (χ1n) is 8.18. The van der Waals surface area contributed by atoms with Crippen molar-refractivity contribution in [3.8, 4) is 0 Å². The van der Waals surface area contributed by atoms with Gasteiger partial charge in [-0.3, -0.25) is 9.78 Å². The highest BCUT2D eigenvalue weighted by Gasteiger charge is 2.07. The number of benzene rings is 1. The molecule has 0 aliphatic carbocycles. The summed E-state index contributed by atoms with van der Waals surface area (Å²) in [6.07, 6.45) is 7.21. The van der Waals surface area contributed by atoms with Gasteiger partial charge in [0.15, 0.2) is 0 Å². The molecule has 7 heteroatoms. The molecule has 2 N–H and O–H groups in total. The predicted octanol–water partition coefficient (Wildman–Crippen LogP) is 3.11. The van der Waals surface area contributed by atoms with Gasteiger partial charge in [-0.2, -0.15) is 0 Å². The summed E-state index contributed by atoms with van der Waals surface area (Å²) in [4.78, 5) is 24.5. The molecule has 0 radical (unpaired) electrons. The first kappa shape index (κ1) is 17.8. The minimum atomic E-state index is -0.243. The Balaban J connectivity index is 1.46. The van der Waals surface area contributed by atoms with E-state index in [9.17, 15) is 4.79 Å². The second-order valence-corrected chi connectivity index (χ2v) is 6.06. The maximum absolute atomic E-state index is 12.1. The largest absolute Gasteiger partial charge is 0.365 e. The number of amides is 1. The molecule has 6 nitrogen and oxygen atoms in total. The molecule has 0 aliphatic heterocycles. The Morgan fingerprint density at radius 2 is 1.73 bits per heavy atom. The zero-order chi connectivity index (χ0) is 18.2. The SMILES string of the molecule is O=C(NCCc1ccc(Cl)cc1)c1cnc(NCc2ccncc2)cn1. The summed E-state index contributed by atoms with van der Waals surface area (Å²) < 4.78 is 0. The molecule has 1 aromatic carbocycles. The van der Waals surface area contributed by atoms with Crippen molar-refractivity contribution in [2.24, 2.45) is 0 Å². The fraction of sp³-hybridized carbons (Fsp3) is 0.158. The van der Waals surface area contributed by atoms with Gasteiger partial charge >= 0.3 is 0 Å². The van der Waals surface area contributed by atoms with E-state index in [4.69, 9.17) is 11.6 Å². The van der Waals surface area contributed by atoms with Gasteiger partial charge in [0.25, 0.3) is 5.91 Å². The molecule has 0 saturated heterocycles. The number of carbonyl (C=O) groups excluding carboxylic acids is 1. The van der Waals surface area contributed by atoms with Crippen LogP contribution in [-0.4, -0.2) is 27.4 Å². The van der Waals surface area contributed by atoms with Crippen LogP contribution in [0.4, 0.5) is 5.82 Å². The van der Waals surface area contributed by atoms with Crippen LogP contribution in [0.5, 0.6) is 0 Å². The third kappa shape index (κ3) is 5.26. The lowest BCUT2D eigenvalue weighted by molar-refractivity contribution is 0.0949. The van der Waals surface area contributed by atoms with Crippen molar-refractivity contribution in [1.82, 2.24) is 20.3 Å². The van der Waals surface area contributed by atoms with E-state index in [2.05, 4.69) is 25.6 Å². The first-order chi connectivity index (χ1) is 12.7. The molecule has 3 aromatic rings. The van der Waals surface area contributed by atoms with Crippen molar-refractivity contribution in [2.75, 3.05) is 11.9 Å². The van der Waals surface area contributed by atoms with Gasteiger partial charge in [-0.15, -0.1) is 0 Å². The molecule has 132 valence electrons. The van der Waals surface area contributed by atoms with Gasteiger partial charge in [-0.25, -0.2) is 9.97 Å². The van der Waals surface area contributed by atoms with Crippen LogP contribution < -0.4 is 10.6 Å². The number of hydrogen-bond donors (Lipinski definition) is 2. The average molecular weight is 368 g/mol. The molecular formula is C19H18ClN5O. The van der Waals surface area contributed by atoms with E-state index in [1.165, 1.54) is 6.20 Å². The van der Waals surface area contributed by atoms with Crippen LogP contribution in [-0.2, 0) is 13.0 Å². The van der Waals surface area contributed by atoms with E-state index in [1.54, 1.807) is 18.6 Å². The number of rotatable bonds is 7. The minimum absolute atomic E-state index is 0.243. The average Bonchev–Trinajstić information content (AvgIpc) is 2.69. The van der Waals surface area contributed by atoms with E-state index in [0.717, 1.165) is 17.5 Å². The summed E-state index contributed by atoms with van der Waals surface area (Å²) in [7, 11) is 0. The summed E-state index contributed by atoms with van der Waals surface area (Å²) >= 11 is 5.85. The summed E-state index contributed by atoms with van der Waals surface area (Å²) in [6.45, 7) is 1.13. The Morgan fingerprint density at radius 3 is 2.42 bits per heavy atom. The number of anilines is 1. The van der Waals surface area contributed by atoms with Crippen LogP contribution in [0.15, 0.2) is 61.2 Å². The number of hydrogen-bond acceptors (Lipinski definition) is 5. The van der Waals surface area contributed by atoms with Gasteiger partial charge in [0.1, 0.15) is 11.5 Å². The second kappa shape index (κ2) is 8.92. The molecule has 0 fully saturated rings. The van der Waals surface area contributed by atoms with Crippen LogP contribution in [0.1, 0.15) is 21.6 Å². The van der Waals surface area contributed by atoms with Gasteiger partial charge < -0.3 is 10.6 Å². The normalized spacial score (nSPS) is 10.3. The summed E-state index contributed by atoms with van der Waals surface area (Å²) in [5.74, 6) is 0.367. The van der Waals surface area contributed by atoms with Crippen molar-refractivity contribution < 1.29 is 4.79 Å². The molecule has 0 spiro atoms. The van der Waals surface area contributed by atoms with Gasteiger partial charge in [-0.05, 0) is 41.8 Å². The molecule has 0 aliphatic rings. The maximum atomic E-state index is 12.1. The molecule has 2 aromatic heterocycles. The Hall–Kier alpha value is -2.99. The number of pyridine rings is 1. The standard InChI is InChI=1S/C19H18ClN5O/c20-16-3-1-14(2-4-16)7-10-22-19(26)17-12-25-18(13-23-17)24-11-15-5-8-21-9-6-15/h1-6,8-9,12-13H,7,10-11H2,(H,22,26)(H,24,25). The lowest BCUT2D eigenvalue weighted by atomic mass is 10.1. The monoisotopic (exact) mass is 367 g/mol. The minimum Gasteiger partial charge on any atom is -0.365 e. The summed E-state index contributed by atoms with van der Waals surface area (Å²) in [5.41, 5.74) is 2.48. The fourth-order valence-corrected chi connectivity index (χ4v) is 2.42. The van der Waals surface area contributed by atoms with Gasteiger partial charge in [0.2, 0.25) is 0 Å². The summed E-state index contributed by atoms with van der Waals surface area (Å²) in [5, 5.41) is 6.69. The van der Waals surface area contributed by atoms with E-state index in [-0.39, 0.29) is 11.6 Å². The van der Waals surface area contributed by atoms with Crippen molar-refractivity contribution >= 4 is 23.3 Å². The maximum Gasteiger partial charge on any atom is 0.271 e. The topological polar surface area (TPSA) is 79.8 Å². The summed E-state index contributed by atoms with van der Waals surface area (Å²) in [6, 6.07) is 11.4. The van der Waals surface area contributed by atoms with Crippen LogP contribution in [0.3, 0.4) is 0 Å². The number of nitrogens with one attached hydrogen (secondary N) is 2. The van der Waals surface area contributed by atoms with E-state index in [0.29, 0.717) is 23.9 Å². The van der Waals surface area contributed by atoms with Crippen molar-refractivity contribution in [1.29, 1.82) is 0 Å². The molecule has 3 rings (SSSR count). The lowest BCUT2D eigenvalue weighted by Gasteiger charge is -2.07. The van der Waals surface area contributed by atoms with Crippen LogP contribution in [0, 0.1) is 0 Å². The van der Waals surface area contributed by atoms with E-state index in [1.807, 2.05) is 36.4 Å². The zero-order valence-corrected chi connectivity index (χ0v) is 14.8. The number of carbonyl (C=O) groups is 1. The number of nitrogens with zero attached hydrogens (tertiary/aromatic N) is 3. The molecule has 1 amide bonds. The number of halogens is 1. The first-order valence-corrected chi connectivity index (χ1v) is 8.56. The van der Waals surface area contributed by atoms with Crippen molar-refractivity contribution in [2.45, 2.75) is 13.0 Å². The van der Waals surface area contributed by atoms with Crippen molar-refractivity contribution in [3.63, 3.8) is 0 Å². The van der Waals surface area contributed by atoms with Crippen molar-refractivity contribution in [3.05, 3.63) is 83.0 Å². The predicted molar refractivity (Wildman–Crippen MR) is 101 cm³/mol. The molecule has 0 atom stereocenters. The third-order valence-electron chi connectivity index (χ3n) is 3.72. The molecule has 2 heterocycles. The quantitative estimate of drug-likeness (QED) is 0.670. The fourth-order valence-electron chi connectivity index (χ4n) is 2.29. The van der Waals surface area contributed by atoms with Crippen LogP contribution >= 0.6 is 11.6 Å². The molecule has 0 saturated carbocycles. The van der Waals surface area contributed by atoms with Crippen LogP contribution in [0.2, 0.25) is 5.02 Å². The Bertz CT molecular complexity index is 838. The smallest absolute Gasteiger partial charge is 0.271 e. The van der Waals surface area contributed by atoms with Crippen LogP contribution in [0.25, 0.3) is 0 Å². The molecular weight excluding hydrogens is 350 g/mol. The highest BCUT2D eigenvalue weighted by molar-refractivity contribution is 6.30. The van der Waals surface area contributed by atoms with Gasteiger partial charge in [0, 0.05) is 30.5 Å². The zero-order valence-electron chi connectivity index (χ0n) is 14.0. The molecule has 26 heavy (non-hydrogen) atoms. The Kier molecular flexibility index (Phi) is 6.11. The lowest BCUT2D eigenvalue weighted by Crippen LogP contribution is -2.26. The highest BCUT2D eigenvalue weighted by Crippen LogP contribution is 2.09. The molecule has 0 unspecified atom stereocenters. The Labute approximate surface area is 156 Å². The van der Waals surface area contributed by atoms with Gasteiger partial charge in [-0.1, -0.05) is 23.7 Å². The van der Waals surface area contributed by atoms with E-state index >= 15 is 0 Å². The third-order valence-corrected chi connectivity index (χ3v) is 3.97. The van der Waals surface area contributed by atoms with Gasteiger partial charge in [0.05, 0.1) is 12.4 Å². The highest BCUT2D eigenvalue weighted by atomic mass is 35.5. The Morgan fingerprint density at radius 1 is 0.962 bits per heavy atom. The second-order valence-electron chi connectivity index (χ2n) is 5.63.